The summed E-state index contributed by atoms with van der Waals surface area (Å²) in [6.45, 7) is 2.11. The zero-order valence-electron chi connectivity index (χ0n) is 12.4. The lowest BCUT2D eigenvalue weighted by atomic mass is 10.3. The van der Waals surface area contributed by atoms with E-state index in [-0.39, 0.29) is 48.0 Å². The largest absolute Gasteiger partial charge is 0.461 e. The molecule has 0 radical (unpaired) electrons. The summed E-state index contributed by atoms with van der Waals surface area (Å²) >= 11 is 0.939. The normalized spacial score (nSPS) is 14.0. The predicted molar refractivity (Wildman–Crippen MR) is 82.1 cm³/mol. The summed E-state index contributed by atoms with van der Waals surface area (Å²) in [5, 5.41) is 2.24. The quantitative estimate of drug-likeness (QED) is 0.761. The summed E-state index contributed by atoms with van der Waals surface area (Å²) in [5.74, 6) is -1.23. The number of thioether (sulfide) groups is 1. The van der Waals surface area contributed by atoms with Gasteiger partial charge in [0.2, 0.25) is 5.91 Å². The molecule has 2 heterocycles. The highest BCUT2D eigenvalue weighted by molar-refractivity contribution is 8.14. The van der Waals surface area contributed by atoms with Crippen LogP contribution in [0.2, 0.25) is 0 Å². The minimum atomic E-state index is -0.604. The van der Waals surface area contributed by atoms with E-state index in [0.29, 0.717) is 0 Å². The minimum absolute atomic E-state index is 0.0424. The van der Waals surface area contributed by atoms with Crippen LogP contribution in [0.3, 0.4) is 0 Å². The minimum Gasteiger partial charge on any atom is -0.461 e. The number of hydrogen-bond donors (Lipinski definition) is 1. The predicted octanol–water partition coefficient (Wildman–Crippen LogP) is 0.683. The third-order valence-corrected chi connectivity index (χ3v) is 3.79. The van der Waals surface area contributed by atoms with Gasteiger partial charge < -0.3 is 10.1 Å². The van der Waals surface area contributed by atoms with Crippen LogP contribution in [0.1, 0.15) is 27.9 Å². The van der Waals surface area contributed by atoms with Crippen LogP contribution in [0.5, 0.6) is 0 Å². The molecule has 1 fully saturated rings. The van der Waals surface area contributed by atoms with Crippen LogP contribution in [0, 0.1) is 0 Å². The number of ether oxygens (including phenoxy) is 1. The monoisotopic (exact) mass is 337 g/mol. The molecular weight excluding hydrogens is 322 g/mol. The van der Waals surface area contributed by atoms with E-state index in [1.165, 1.54) is 18.2 Å². The zero-order valence-corrected chi connectivity index (χ0v) is 13.2. The van der Waals surface area contributed by atoms with E-state index < -0.39 is 11.9 Å². The molecule has 23 heavy (non-hydrogen) atoms. The highest BCUT2D eigenvalue weighted by Gasteiger charge is 2.29. The fraction of sp³-hybridized carbons (Fsp3) is 0.357. The van der Waals surface area contributed by atoms with Gasteiger partial charge in [0.1, 0.15) is 11.4 Å². The fourth-order valence-corrected chi connectivity index (χ4v) is 2.60. The van der Waals surface area contributed by atoms with E-state index in [1.54, 1.807) is 6.92 Å². The summed E-state index contributed by atoms with van der Waals surface area (Å²) in [4.78, 5) is 51.4. The third kappa shape index (κ3) is 4.28. The molecule has 8 nitrogen and oxygen atoms in total. The number of nitrogens with one attached hydrogen (secondary N) is 1. The maximum atomic E-state index is 12.0. The summed E-state index contributed by atoms with van der Waals surface area (Å²) in [6, 6.07) is 4.44. The Labute approximate surface area is 136 Å². The highest BCUT2D eigenvalue weighted by Crippen LogP contribution is 2.17. The Hall–Kier alpha value is -2.42. The Kier molecular flexibility index (Phi) is 5.69. The van der Waals surface area contributed by atoms with Crippen LogP contribution in [-0.2, 0) is 9.53 Å². The lowest BCUT2D eigenvalue weighted by Gasteiger charge is -2.13. The lowest BCUT2D eigenvalue weighted by Crippen LogP contribution is -2.37. The van der Waals surface area contributed by atoms with Gasteiger partial charge in [0.25, 0.3) is 11.1 Å². The second kappa shape index (κ2) is 7.73. The highest BCUT2D eigenvalue weighted by atomic mass is 32.2. The van der Waals surface area contributed by atoms with Gasteiger partial charge in [-0.25, -0.2) is 9.78 Å². The van der Waals surface area contributed by atoms with Crippen molar-refractivity contribution in [2.24, 2.45) is 0 Å². The first kappa shape index (κ1) is 16.9. The number of rotatable bonds is 6. The number of amides is 3. The first-order valence-corrected chi connectivity index (χ1v) is 7.91. The van der Waals surface area contributed by atoms with E-state index in [9.17, 15) is 19.2 Å². The Morgan fingerprint density at radius 3 is 2.74 bits per heavy atom. The average molecular weight is 337 g/mol. The van der Waals surface area contributed by atoms with Crippen molar-refractivity contribution in [1.29, 1.82) is 0 Å². The van der Waals surface area contributed by atoms with Crippen LogP contribution in [0.25, 0.3) is 0 Å². The number of pyridine rings is 1. The molecule has 2 rings (SSSR count). The van der Waals surface area contributed by atoms with Gasteiger partial charge in [0.05, 0.1) is 12.4 Å². The summed E-state index contributed by atoms with van der Waals surface area (Å²) in [5.41, 5.74) is 0.102. The van der Waals surface area contributed by atoms with E-state index in [0.717, 1.165) is 16.7 Å². The van der Waals surface area contributed by atoms with Gasteiger partial charge in [-0.1, -0.05) is 17.8 Å². The Balaban J connectivity index is 1.90. The smallest absolute Gasteiger partial charge is 0.356 e. The molecule has 1 aromatic heterocycles. The topological polar surface area (TPSA) is 106 Å². The van der Waals surface area contributed by atoms with Gasteiger partial charge in [-0.05, 0) is 19.1 Å². The summed E-state index contributed by atoms with van der Waals surface area (Å²) in [6.07, 6.45) is 0. The molecule has 1 N–H and O–H groups in total. The van der Waals surface area contributed by atoms with Crippen molar-refractivity contribution >= 4 is 34.8 Å². The van der Waals surface area contributed by atoms with Crippen LogP contribution in [-0.4, -0.2) is 58.4 Å². The molecule has 0 unspecified atom stereocenters. The Bertz CT molecular complexity index is 633. The molecule has 0 atom stereocenters. The first-order chi connectivity index (χ1) is 11.0. The second-order valence-corrected chi connectivity index (χ2v) is 5.41. The number of carbonyl (C=O) groups excluding carboxylic acids is 4. The van der Waals surface area contributed by atoms with Crippen molar-refractivity contribution in [3.05, 3.63) is 29.6 Å². The van der Waals surface area contributed by atoms with E-state index in [4.69, 9.17) is 4.74 Å². The van der Waals surface area contributed by atoms with Gasteiger partial charge in [-0.3, -0.25) is 19.3 Å². The molecule has 0 bridgehead atoms. The van der Waals surface area contributed by atoms with Crippen molar-refractivity contribution in [2.75, 3.05) is 25.4 Å². The lowest BCUT2D eigenvalue weighted by molar-refractivity contribution is -0.124. The van der Waals surface area contributed by atoms with E-state index in [2.05, 4.69) is 10.3 Å². The summed E-state index contributed by atoms with van der Waals surface area (Å²) < 4.78 is 4.82. The van der Waals surface area contributed by atoms with Crippen LogP contribution >= 0.6 is 11.8 Å². The SMILES string of the molecule is CCOC(=O)c1cccc(C(=O)NCCN2C(=O)CSC2=O)n1. The fourth-order valence-electron chi connectivity index (χ4n) is 1.85. The van der Waals surface area contributed by atoms with Gasteiger partial charge in [-0.15, -0.1) is 0 Å². The van der Waals surface area contributed by atoms with Crippen molar-refractivity contribution < 1.29 is 23.9 Å². The number of aromatic nitrogens is 1. The molecule has 1 aliphatic heterocycles. The first-order valence-electron chi connectivity index (χ1n) is 6.92. The maximum Gasteiger partial charge on any atom is 0.356 e. The number of nitrogens with zero attached hydrogens (tertiary/aromatic N) is 2. The maximum absolute atomic E-state index is 12.0. The molecule has 0 saturated carbocycles. The molecule has 0 spiro atoms. The number of carbonyl (C=O) groups is 4. The zero-order chi connectivity index (χ0) is 16.8. The van der Waals surface area contributed by atoms with Gasteiger partial charge in [-0.2, -0.15) is 0 Å². The van der Waals surface area contributed by atoms with Crippen LogP contribution < -0.4 is 5.32 Å². The van der Waals surface area contributed by atoms with Crippen molar-refractivity contribution in [2.45, 2.75) is 6.92 Å². The van der Waals surface area contributed by atoms with E-state index >= 15 is 0 Å². The molecule has 0 aromatic carbocycles. The Morgan fingerprint density at radius 1 is 1.35 bits per heavy atom. The van der Waals surface area contributed by atoms with Crippen LogP contribution in [0.4, 0.5) is 4.79 Å². The summed E-state index contributed by atoms with van der Waals surface area (Å²) in [7, 11) is 0. The van der Waals surface area contributed by atoms with Crippen molar-refractivity contribution in [1.82, 2.24) is 15.2 Å². The van der Waals surface area contributed by atoms with Gasteiger partial charge >= 0.3 is 5.97 Å². The van der Waals surface area contributed by atoms with Crippen LogP contribution in [0.15, 0.2) is 18.2 Å². The number of imide groups is 1. The third-order valence-electron chi connectivity index (χ3n) is 2.93. The molecular formula is C14H15N3O5S. The standard InChI is InChI=1S/C14H15N3O5S/c1-2-22-13(20)10-5-3-4-9(16-10)12(19)15-6-7-17-11(18)8-23-14(17)21/h3-5H,2,6-8H2,1H3,(H,15,19). The van der Waals surface area contributed by atoms with Crippen molar-refractivity contribution in [3.63, 3.8) is 0 Å². The second-order valence-electron chi connectivity index (χ2n) is 4.48. The van der Waals surface area contributed by atoms with Gasteiger partial charge in [0.15, 0.2) is 0 Å². The Morgan fingerprint density at radius 2 is 2.09 bits per heavy atom. The molecule has 3 amide bonds. The molecule has 1 aromatic rings. The molecule has 1 aliphatic rings. The van der Waals surface area contributed by atoms with Gasteiger partial charge in [0, 0.05) is 13.1 Å². The van der Waals surface area contributed by atoms with E-state index in [1.807, 2.05) is 0 Å². The number of esters is 1. The average Bonchev–Trinajstić information content (AvgIpc) is 2.87. The number of hydrogen-bond acceptors (Lipinski definition) is 7. The van der Waals surface area contributed by atoms with Crippen molar-refractivity contribution in [3.8, 4) is 0 Å². The molecule has 1 saturated heterocycles. The molecule has 0 aliphatic carbocycles. The molecule has 122 valence electrons. The molecule has 9 heteroatoms.